The Balaban J connectivity index is 1.58. The van der Waals surface area contributed by atoms with Crippen LogP contribution in [0.2, 0.25) is 10.0 Å². The van der Waals surface area contributed by atoms with Gasteiger partial charge in [0.1, 0.15) is 0 Å². The Bertz CT molecular complexity index is 1120. The highest BCUT2D eigenvalue weighted by Crippen LogP contribution is 2.24. The van der Waals surface area contributed by atoms with Gasteiger partial charge in [-0.15, -0.1) is 0 Å². The fraction of sp³-hybridized carbons (Fsp3) is 0.231. The van der Waals surface area contributed by atoms with Gasteiger partial charge in [0.15, 0.2) is 0 Å². The van der Waals surface area contributed by atoms with E-state index in [2.05, 4.69) is 31.4 Å². The molecule has 3 aromatic carbocycles. The van der Waals surface area contributed by atoms with Crippen molar-refractivity contribution in [3.63, 3.8) is 0 Å². The number of hydrogen-bond acceptors (Lipinski definition) is 2. The molecule has 0 saturated carbocycles. The van der Waals surface area contributed by atoms with Crippen LogP contribution in [0.15, 0.2) is 66.7 Å². The molecule has 0 fully saturated rings. The average Bonchev–Trinajstić information content (AvgIpc) is 2.74. The van der Waals surface area contributed by atoms with E-state index in [-0.39, 0.29) is 17.2 Å². The van der Waals surface area contributed by atoms with Crippen LogP contribution in [0.5, 0.6) is 0 Å². The number of anilines is 2. The lowest BCUT2D eigenvalue weighted by molar-refractivity contribution is -0.116. The lowest BCUT2D eigenvalue weighted by Crippen LogP contribution is -2.15. The summed E-state index contributed by atoms with van der Waals surface area (Å²) in [5, 5.41) is 6.71. The topological polar surface area (TPSA) is 58.2 Å². The van der Waals surface area contributed by atoms with Crippen molar-refractivity contribution in [2.24, 2.45) is 0 Å². The number of nitrogens with one attached hydrogen (secondary N) is 2. The molecule has 0 atom stereocenters. The fourth-order valence-corrected chi connectivity index (χ4v) is 3.50. The zero-order valence-corrected chi connectivity index (χ0v) is 19.8. The van der Waals surface area contributed by atoms with E-state index >= 15 is 0 Å². The molecule has 2 amide bonds. The number of amides is 2. The van der Waals surface area contributed by atoms with E-state index in [0.29, 0.717) is 39.8 Å². The quantitative estimate of drug-likeness (QED) is 0.404. The first kappa shape index (κ1) is 23.8. The van der Waals surface area contributed by atoms with E-state index in [1.807, 2.05) is 30.3 Å². The summed E-state index contributed by atoms with van der Waals surface area (Å²) in [5.41, 5.74) is 3.94. The van der Waals surface area contributed by atoms with Gasteiger partial charge in [0.2, 0.25) is 5.91 Å². The first-order valence-corrected chi connectivity index (χ1v) is 11.1. The molecule has 0 aliphatic heterocycles. The summed E-state index contributed by atoms with van der Waals surface area (Å²) in [6, 6.07) is 20.0. The maximum absolute atomic E-state index is 12.6. The summed E-state index contributed by atoms with van der Waals surface area (Å²) in [4.78, 5) is 24.9. The molecule has 3 rings (SSSR count). The van der Waals surface area contributed by atoms with E-state index < -0.39 is 0 Å². The summed E-state index contributed by atoms with van der Waals surface area (Å²) < 4.78 is 0. The van der Waals surface area contributed by atoms with E-state index in [1.54, 1.807) is 36.4 Å². The standard InChI is InChI=1S/C26H26Cl2N2O2/c1-26(2,3)19-11-9-18(10-12-19)25(32)30-21-6-4-5-20(16-21)29-24(31)14-8-17-7-13-22(27)23(28)15-17/h4-7,9-13,15-16H,8,14H2,1-3H3,(H,29,31)(H,30,32). The van der Waals surface area contributed by atoms with E-state index in [0.717, 1.165) is 5.56 Å². The molecule has 0 heterocycles. The molecule has 6 heteroatoms. The number of benzene rings is 3. The Hall–Kier alpha value is -2.82. The molecule has 0 aliphatic rings. The number of aryl methyl sites for hydroxylation is 1. The van der Waals surface area contributed by atoms with Crippen LogP contribution in [0, 0.1) is 0 Å². The Morgan fingerprint density at radius 1 is 0.812 bits per heavy atom. The number of rotatable bonds is 6. The SMILES string of the molecule is CC(C)(C)c1ccc(C(=O)Nc2cccc(NC(=O)CCc3ccc(Cl)c(Cl)c3)c2)cc1. The van der Waals surface area contributed by atoms with Crippen LogP contribution < -0.4 is 10.6 Å². The number of hydrogen-bond donors (Lipinski definition) is 2. The van der Waals surface area contributed by atoms with Gasteiger partial charge in [-0.3, -0.25) is 9.59 Å². The summed E-state index contributed by atoms with van der Waals surface area (Å²) >= 11 is 11.9. The minimum Gasteiger partial charge on any atom is -0.326 e. The predicted octanol–water partition coefficient (Wildman–Crippen LogP) is 7.11. The zero-order valence-electron chi connectivity index (χ0n) is 18.3. The number of carbonyl (C=O) groups is 2. The van der Waals surface area contributed by atoms with Crippen molar-refractivity contribution < 1.29 is 9.59 Å². The van der Waals surface area contributed by atoms with E-state index in [4.69, 9.17) is 23.2 Å². The second-order valence-corrected chi connectivity index (χ2v) is 9.47. The first-order valence-electron chi connectivity index (χ1n) is 10.4. The van der Waals surface area contributed by atoms with E-state index in [1.165, 1.54) is 5.56 Å². The van der Waals surface area contributed by atoms with Gasteiger partial charge in [-0.05, 0) is 65.4 Å². The molecule has 0 radical (unpaired) electrons. The van der Waals surface area contributed by atoms with Gasteiger partial charge in [-0.2, -0.15) is 0 Å². The zero-order chi connectivity index (χ0) is 23.3. The van der Waals surface area contributed by atoms with Crippen molar-refractivity contribution >= 4 is 46.4 Å². The largest absolute Gasteiger partial charge is 0.326 e. The van der Waals surface area contributed by atoms with Crippen LogP contribution in [-0.2, 0) is 16.6 Å². The van der Waals surface area contributed by atoms with Gasteiger partial charge in [0.25, 0.3) is 5.91 Å². The molecule has 0 spiro atoms. The molecule has 0 unspecified atom stereocenters. The normalized spacial score (nSPS) is 11.2. The monoisotopic (exact) mass is 468 g/mol. The Labute approximate surface area is 198 Å². The van der Waals surface area contributed by atoms with Crippen molar-refractivity contribution in [2.45, 2.75) is 39.0 Å². The van der Waals surface area contributed by atoms with Crippen LogP contribution in [0.4, 0.5) is 11.4 Å². The second-order valence-electron chi connectivity index (χ2n) is 8.66. The van der Waals surface area contributed by atoms with Gasteiger partial charge in [-0.1, -0.05) is 68.2 Å². The lowest BCUT2D eigenvalue weighted by atomic mass is 9.87. The van der Waals surface area contributed by atoms with Crippen LogP contribution in [0.25, 0.3) is 0 Å². The molecule has 2 N–H and O–H groups in total. The molecule has 166 valence electrons. The van der Waals surface area contributed by atoms with Gasteiger partial charge < -0.3 is 10.6 Å². The smallest absolute Gasteiger partial charge is 0.255 e. The van der Waals surface area contributed by atoms with Crippen molar-refractivity contribution in [1.29, 1.82) is 0 Å². The Kier molecular flexibility index (Phi) is 7.60. The second kappa shape index (κ2) is 10.2. The maximum atomic E-state index is 12.6. The maximum Gasteiger partial charge on any atom is 0.255 e. The summed E-state index contributed by atoms with van der Waals surface area (Å²) in [6.45, 7) is 6.39. The summed E-state index contributed by atoms with van der Waals surface area (Å²) in [6.07, 6.45) is 0.846. The molecule has 0 aliphatic carbocycles. The fourth-order valence-electron chi connectivity index (χ4n) is 3.18. The molecule has 4 nitrogen and oxygen atoms in total. The van der Waals surface area contributed by atoms with Crippen LogP contribution in [0.3, 0.4) is 0 Å². The van der Waals surface area contributed by atoms with Gasteiger partial charge >= 0.3 is 0 Å². The van der Waals surface area contributed by atoms with Crippen molar-refractivity contribution in [2.75, 3.05) is 10.6 Å². The molecular weight excluding hydrogens is 443 g/mol. The number of halogens is 2. The highest BCUT2D eigenvalue weighted by atomic mass is 35.5. The third kappa shape index (κ3) is 6.59. The molecule has 32 heavy (non-hydrogen) atoms. The Morgan fingerprint density at radius 2 is 1.47 bits per heavy atom. The number of carbonyl (C=O) groups excluding carboxylic acids is 2. The molecule has 0 bridgehead atoms. The van der Waals surface area contributed by atoms with Gasteiger partial charge in [-0.25, -0.2) is 0 Å². The minimum atomic E-state index is -0.200. The van der Waals surface area contributed by atoms with Crippen molar-refractivity contribution in [3.05, 3.63) is 93.5 Å². The van der Waals surface area contributed by atoms with Gasteiger partial charge in [0.05, 0.1) is 10.0 Å². The van der Waals surface area contributed by atoms with Crippen LogP contribution in [0.1, 0.15) is 48.7 Å². The van der Waals surface area contributed by atoms with Crippen LogP contribution in [-0.4, -0.2) is 11.8 Å². The lowest BCUT2D eigenvalue weighted by Gasteiger charge is -2.19. The van der Waals surface area contributed by atoms with Gasteiger partial charge in [0, 0.05) is 23.4 Å². The summed E-state index contributed by atoms with van der Waals surface area (Å²) in [7, 11) is 0. The first-order chi connectivity index (χ1) is 15.1. The third-order valence-corrected chi connectivity index (χ3v) is 5.78. The third-order valence-electron chi connectivity index (χ3n) is 5.04. The van der Waals surface area contributed by atoms with E-state index in [9.17, 15) is 9.59 Å². The van der Waals surface area contributed by atoms with Crippen LogP contribution >= 0.6 is 23.2 Å². The minimum absolute atomic E-state index is 0.0291. The molecule has 3 aromatic rings. The molecular formula is C26H26Cl2N2O2. The van der Waals surface area contributed by atoms with Crippen molar-refractivity contribution in [3.8, 4) is 0 Å². The molecule has 0 saturated heterocycles. The Morgan fingerprint density at radius 3 is 2.09 bits per heavy atom. The highest BCUT2D eigenvalue weighted by Gasteiger charge is 2.14. The summed E-state index contributed by atoms with van der Waals surface area (Å²) in [5.74, 6) is -0.328. The average molecular weight is 469 g/mol. The highest BCUT2D eigenvalue weighted by molar-refractivity contribution is 6.42. The predicted molar refractivity (Wildman–Crippen MR) is 133 cm³/mol. The molecule has 0 aromatic heterocycles. The van der Waals surface area contributed by atoms with Crippen molar-refractivity contribution in [1.82, 2.24) is 0 Å².